The van der Waals surface area contributed by atoms with Crippen molar-refractivity contribution in [3.8, 4) is 0 Å². The highest BCUT2D eigenvalue weighted by Crippen LogP contribution is 2.14. The molecule has 1 nitrogen and oxygen atoms in total. The first-order valence-corrected chi connectivity index (χ1v) is 5.00. The van der Waals surface area contributed by atoms with Crippen molar-refractivity contribution in [2.24, 2.45) is 4.99 Å². The molecular formula is C13H12FN. The molecule has 0 saturated heterocycles. The van der Waals surface area contributed by atoms with E-state index in [1.807, 2.05) is 12.3 Å². The molecule has 0 aliphatic heterocycles. The number of rotatable bonds is 2. The minimum Gasteiger partial charge on any atom is -0.257 e. The summed E-state index contributed by atoms with van der Waals surface area (Å²) in [6.07, 6.45) is 10.2. The van der Waals surface area contributed by atoms with E-state index in [2.05, 4.69) is 17.1 Å². The van der Waals surface area contributed by atoms with Gasteiger partial charge in [0.25, 0.3) is 0 Å². The summed E-state index contributed by atoms with van der Waals surface area (Å²) in [6, 6.07) is 6.18. The molecule has 2 rings (SSSR count). The van der Waals surface area contributed by atoms with E-state index in [4.69, 9.17) is 0 Å². The molecule has 0 N–H and O–H groups in total. The lowest BCUT2D eigenvalue weighted by Gasteiger charge is -2.02. The first-order chi connectivity index (χ1) is 7.34. The molecule has 2 heteroatoms. The number of hydrogen-bond donors (Lipinski definition) is 0. The third kappa shape index (κ3) is 2.88. The fraction of sp³-hybridized carbons (Fsp3) is 0.154. The van der Waals surface area contributed by atoms with E-state index in [9.17, 15) is 4.39 Å². The Balaban J connectivity index is 2.07. The average Bonchev–Trinajstić information content (AvgIpc) is 2.30. The van der Waals surface area contributed by atoms with Crippen LogP contribution >= 0.6 is 0 Å². The van der Waals surface area contributed by atoms with Gasteiger partial charge >= 0.3 is 0 Å². The van der Waals surface area contributed by atoms with Crippen LogP contribution in [-0.2, 0) is 0 Å². The fourth-order valence-corrected chi connectivity index (χ4v) is 1.41. The highest BCUT2D eigenvalue weighted by Gasteiger charge is 1.95. The van der Waals surface area contributed by atoms with Crippen LogP contribution < -0.4 is 0 Å². The van der Waals surface area contributed by atoms with Crippen molar-refractivity contribution >= 4 is 11.9 Å². The van der Waals surface area contributed by atoms with Crippen LogP contribution in [0.1, 0.15) is 12.8 Å². The number of benzene rings is 1. The van der Waals surface area contributed by atoms with Gasteiger partial charge in [-0.25, -0.2) is 4.39 Å². The highest BCUT2D eigenvalue weighted by molar-refractivity contribution is 5.81. The van der Waals surface area contributed by atoms with Gasteiger partial charge in [0.1, 0.15) is 5.82 Å². The van der Waals surface area contributed by atoms with Crippen LogP contribution in [0.25, 0.3) is 0 Å². The van der Waals surface area contributed by atoms with Gasteiger partial charge in [0.15, 0.2) is 0 Å². The molecule has 1 aliphatic rings. The predicted molar refractivity (Wildman–Crippen MR) is 61.0 cm³/mol. The molecule has 76 valence electrons. The molecule has 0 atom stereocenters. The summed E-state index contributed by atoms with van der Waals surface area (Å²) in [5.74, 6) is -0.228. The Labute approximate surface area is 88.7 Å². The number of halogens is 1. The van der Waals surface area contributed by atoms with Gasteiger partial charge in [0, 0.05) is 6.21 Å². The second-order valence-corrected chi connectivity index (χ2v) is 3.44. The van der Waals surface area contributed by atoms with Crippen LogP contribution in [0.2, 0.25) is 0 Å². The zero-order chi connectivity index (χ0) is 10.5. The zero-order valence-corrected chi connectivity index (χ0v) is 8.36. The van der Waals surface area contributed by atoms with Crippen LogP contribution in [0, 0.1) is 5.82 Å². The van der Waals surface area contributed by atoms with Crippen molar-refractivity contribution in [1.29, 1.82) is 0 Å². The lowest BCUT2D eigenvalue weighted by molar-refractivity contribution is 0.628. The molecule has 0 radical (unpaired) electrons. The molecule has 0 heterocycles. The van der Waals surface area contributed by atoms with Gasteiger partial charge < -0.3 is 0 Å². The molecule has 0 fully saturated rings. The summed E-state index contributed by atoms with van der Waals surface area (Å²) >= 11 is 0. The maximum absolute atomic E-state index is 12.6. The fourth-order valence-electron chi connectivity index (χ4n) is 1.41. The molecular weight excluding hydrogens is 189 g/mol. The van der Waals surface area contributed by atoms with Crippen molar-refractivity contribution in [1.82, 2.24) is 0 Å². The van der Waals surface area contributed by atoms with Crippen LogP contribution in [-0.4, -0.2) is 6.21 Å². The first kappa shape index (κ1) is 9.84. The molecule has 1 aromatic rings. The Morgan fingerprint density at radius 3 is 2.67 bits per heavy atom. The molecule has 0 saturated carbocycles. The van der Waals surface area contributed by atoms with E-state index in [0.29, 0.717) is 0 Å². The van der Waals surface area contributed by atoms with Crippen molar-refractivity contribution in [3.63, 3.8) is 0 Å². The van der Waals surface area contributed by atoms with Crippen molar-refractivity contribution in [3.05, 3.63) is 53.9 Å². The normalized spacial score (nSPS) is 15.7. The Hall–Kier alpha value is -1.70. The number of allylic oxidation sites excluding steroid dienone is 4. The predicted octanol–water partition coefficient (Wildman–Crippen LogP) is 3.80. The smallest absolute Gasteiger partial charge is 0.123 e. The third-order valence-corrected chi connectivity index (χ3v) is 2.25. The minimum atomic E-state index is -0.228. The maximum Gasteiger partial charge on any atom is 0.123 e. The number of nitrogens with zero attached hydrogens (tertiary/aromatic N) is 1. The molecule has 1 aromatic carbocycles. The van der Waals surface area contributed by atoms with Crippen LogP contribution in [0.15, 0.2) is 53.1 Å². The van der Waals surface area contributed by atoms with E-state index < -0.39 is 0 Å². The SMILES string of the molecule is Fc1ccc(/N=C/C2=CC=CCC2)cc1. The summed E-state index contributed by atoms with van der Waals surface area (Å²) in [7, 11) is 0. The zero-order valence-electron chi connectivity index (χ0n) is 8.36. The second kappa shape index (κ2) is 4.69. The van der Waals surface area contributed by atoms with Crippen LogP contribution in [0.3, 0.4) is 0 Å². The Kier molecular flexibility index (Phi) is 3.08. The van der Waals surface area contributed by atoms with Crippen LogP contribution in [0.5, 0.6) is 0 Å². The van der Waals surface area contributed by atoms with E-state index in [1.54, 1.807) is 12.1 Å². The molecule has 15 heavy (non-hydrogen) atoms. The standard InChI is InChI=1S/C13H12FN/c14-12-6-8-13(9-7-12)15-10-11-4-2-1-3-5-11/h1-2,4,6-10H,3,5H2/b15-10+. The lowest BCUT2D eigenvalue weighted by atomic mass is 10.1. The topological polar surface area (TPSA) is 12.4 Å². The highest BCUT2D eigenvalue weighted by atomic mass is 19.1. The second-order valence-electron chi connectivity index (χ2n) is 3.44. The summed E-state index contributed by atoms with van der Waals surface area (Å²) in [5, 5.41) is 0. The van der Waals surface area contributed by atoms with Gasteiger partial charge in [-0.05, 0) is 42.7 Å². The van der Waals surface area contributed by atoms with E-state index in [-0.39, 0.29) is 5.82 Å². The first-order valence-electron chi connectivity index (χ1n) is 5.00. The molecule has 0 amide bonds. The number of hydrogen-bond acceptors (Lipinski definition) is 1. The monoisotopic (exact) mass is 201 g/mol. The van der Waals surface area contributed by atoms with E-state index >= 15 is 0 Å². The van der Waals surface area contributed by atoms with Crippen molar-refractivity contribution < 1.29 is 4.39 Å². The molecule has 1 aliphatic carbocycles. The quantitative estimate of drug-likeness (QED) is 0.645. The Morgan fingerprint density at radius 2 is 2.00 bits per heavy atom. The van der Waals surface area contributed by atoms with Crippen LogP contribution in [0.4, 0.5) is 10.1 Å². The summed E-state index contributed by atoms with van der Waals surface area (Å²) in [4.78, 5) is 4.28. The van der Waals surface area contributed by atoms with Gasteiger partial charge in [-0.2, -0.15) is 0 Å². The van der Waals surface area contributed by atoms with Crippen molar-refractivity contribution in [2.45, 2.75) is 12.8 Å². The van der Waals surface area contributed by atoms with Crippen molar-refractivity contribution in [2.75, 3.05) is 0 Å². The van der Waals surface area contributed by atoms with E-state index in [1.165, 1.54) is 17.7 Å². The average molecular weight is 201 g/mol. The maximum atomic E-state index is 12.6. The van der Waals surface area contributed by atoms with E-state index in [0.717, 1.165) is 18.5 Å². The van der Waals surface area contributed by atoms with Gasteiger partial charge in [0.05, 0.1) is 5.69 Å². The Bertz CT molecular complexity index is 413. The molecule has 0 aromatic heterocycles. The number of aliphatic imine (C=N–C) groups is 1. The van der Waals surface area contributed by atoms with Gasteiger partial charge in [-0.1, -0.05) is 18.2 Å². The molecule has 0 bridgehead atoms. The summed E-state index contributed by atoms with van der Waals surface area (Å²) < 4.78 is 12.6. The Morgan fingerprint density at radius 1 is 1.20 bits per heavy atom. The van der Waals surface area contributed by atoms with Gasteiger partial charge in [-0.3, -0.25) is 4.99 Å². The van der Waals surface area contributed by atoms with Gasteiger partial charge in [0.2, 0.25) is 0 Å². The molecule has 0 unspecified atom stereocenters. The molecule has 0 spiro atoms. The summed E-state index contributed by atoms with van der Waals surface area (Å²) in [6.45, 7) is 0. The minimum absolute atomic E-state index is 0.228. The third-order valence-electron chi connectivity index (χ3n) is 2.25. The lowest BCUT2D eigenvalue weighted by Crippen LogP contribution is -1.87. The largest absolute Gasteiger partial charge is 0.257 e. The summed E-state index contributed by atoms with van der Waals surface area (Å²) in [5.41, 5.74) is 1.99. The van der Waals surface area contributed by atoms with Gasteiger partial charge in [-0.15, -0.1) is 0 Å².